The summed E-state index contributed by atoms with van der Waals surface area (Å²) in [6.45, 7) is 0. The van der Waals surface area contributed by atoms with Crippen molar-refractivity contribution in [2.45, 2.75) is 0 Å². The van der Waals surface area contributed by atoms with Gasteiger partial charge in [0.15, 0.2) is 0 Å². The van der Waals surface area contributed by atoms with Gasteiger partial charge in [0.05, 0.1) is 18.2 Å². The molecule has 0 fully saturated rings. The number of aromatic nitrogens is 1. The molecule has 144 valence electrons. The van der Waals surface area contributed by atoms with Gasteiger partial charge in [-0.2, -0.15) is 0 Å². The van der Waals surface area contributed by atoms with Crippen molar-refractivity contribution in [2.75, 3.05) is 7.11 Å². The van der Waals surface area contributed by atoms with E-state index in [9.17, 15) is 14.0 Å². The Kier molecular flexibility index (Phi) is 4.60. The lowest BCUT2D eigenvalue weighted by molar-refractivity contribution is 0.0696. The molecule has 0 amide bonds. The molecule has 0 bridgehead atoms. The van der Waals surface area contributed by atoms with Crippen LogP contribution >= 0.6 is 0 Å². The number of ether oxygens (including phenoxy) is 1. The molecule has 0 aliphatic heterocycles. The minimum atomic E-state index is -1.02. The van der Waals surface area contributed by atoms with E-state index >= 15 is 0 Å². The number of methoxy groups -OCH3 is 1. The van der Waals surface area contributed by atoms with Crippen LogP contribution < -0.4 is 4.74 Å². The van der Waals surface area contributed by atoms with Crippen LogP contribution in [0, 0.1) is 5.82 Å². The van der Waals surface area contributed by atoms with Gasteiger partial charge in [-0.15, -0.1) is 0 Å². The lowest BCUT2D eigenvalue weighted by atomic mass is 10.0. The van der Waals surface area contributed by atoms with Gasteiger partial charge in [-0.3, -0.25) is 4.79 Å². The molecule has 4 aromatic rings. The number of hydrogen-bond donors (Lipinski definition) is 1. The number of rotatable bonds is 5. The van der Waals surface area contributed by atoms with Crippen molar-refractivity contribution >= 4 is 22.7 Å². The zero-order valence-corrected chi connectivity index (χ0v) is 15.4. The summed E-state index contributed by atoms with van der Waals surface area (Å²) in [6.07, 6.45) is 1.63. The van der Waals surface area contributed by atoms with Gasteiger partial charge in [-0.05, 0) is 42.5 Å². The van der Waals surface area contributed by atoms with Crippen LogP contribution in [0.1, 0.15) is 26.3 Å². The number of halogens is 1. The summed E-state index contributed by atoms with van der Waals surface area (Å²) in [5, 5.41) is 9.76. The summed E-state index contributed by atoms with van der Waals surface area (Å²) in [5.74, 6) is -2.00. The maximum Gasteiger partial charge on any atom is 0.335 e. The number of carbonyl (C=O) groups is 2. The highest BCUT2D eigenvalue weighted by Crippen LogP contribution is 2.30. The van der Waals surface area contributed by atoms with Crippen molar-refractivity contribution in [1.29, 1.82) is 0 Å². The molecular formula is C23H16FNO4. The molecule has 0 aliphatic rings. The Morgan fingerprint density at radius 3 is 2.38 bits per heavy atom. The Morgan fingerprint density at radius 1 is 0.966 bits per heavy atom. The molecule has 1 aromatic heterocycles. The second kappa shape index (κ2) is 7.24. The average molecular weight is 389 g/mol. The predicted molar refractivity (Wildman–Crippen MR) is 107 cm³/mol. The number of hydrogen-bond acceptors (Lipinski definition) is 3. The number of carbonyl (C=O) groups excluding carboxylic acids is 1. The second-order valence-electron chi connectivity index (χ2n) is 6.43. The zero-order chi connectivity index (χ0) is 20.5. The van der Waals surface area contributed by atoms with Crippen LogP contribution in [0.3, 0.4) is 0 Å². The number of ketones is 1. The first-order valence-electron chi connectivity index (χ1n) is 8.82. The third-order valence-electron chi connectivity index (χ3n) is 4.77. The molecule has 29 heavy (non-hydrogen) atoms. The largest absolute Gasteiger partial charge is 0.496 e. The molecular weight excluding hydrogens is 373 g/mol. The fraction of sp³-hybridized carbons (Fsp3) is 0.0435. The first kappa shape index (κ1) is 18.4. The van der Waals surface area contributed by atoms with E-state index in [1.807, 2.05) is 12.1 Å². The molecule has 6 heteroatoms. The molecule has 5 nitrogen and oxygen atoms in total. The Bertz CT molecular complexity index is 1240. The first-order valence-corrected chi connectivity index (χ1v) is 8.82. The van der Waals surface area contributed by atoms with Crippen LogP contribution in [0.25, 0.3) is 16.6 Å². The Morgan fingerprint density at radius 2 is 1.69 bits per heavy atom. The highest BCUT2D eigenvalue weighted by atomic mass is 19.1. The topological polar surface area (TPSA) is 68.5 Å². The number of para-hydroxylation sites is 1. The molecule has 3 aromatic carbocycles. The third-order valence-corrected chi connectivity index (χ3v) is 4.77. The van der Waals surface area contributed by atoms with Crippen molar-refractivity contribution in [3.05, 3.63) is 95.4 Å². The Hall–Kier alpha value is -3.93. The summed E-state index contributed by atoms with van der Waals surface area (Å²) in [6, 6.07) is 17.8. The molecule has 4 rings (SSSR count). The maximum absolute atomic E-state index is 14.5. The summed E-state index contributed by atoms with van der Waals surface area (Å²) in [4.78, 5) is 24.3. The third kappa shape index (κ3) is 3.14. The highest BCUT2D eigenvalue weighted by molar-refractivity contribution is 6.18. The smallest absolute Gasteiger partial charge is 0.335 e. The van der Waals surface area contributed by atoms with Gasteiger partial charge in [0.2, 0.25) is 5.78 Å². The van der Waals surface area contributed by atoms with Gasteiger partial charge in [-0.1, -0.05) is 24.3 Å². The predicted octanol–water partition coefficient (Wildman–Crippen LogP) is 4.71. The lowest BCUT2D eigenvalue weighted by Gasteiger charge is -2.08. The Balaban J connectivity index is 1.90. The van der Waals surface area contributed by atoms with Crippen LogP contribution in [0.15, 0.2) is 72.9 Å². The summed E-state index contributed by atoms with van der Waals surface area (Å²) < 4.78 is 21.4. The molecule has 1 heterocycles. The van der Waals surface area contributed by atoms with E-state index in [0.717, 1.165) is 5.52 Å². The number of carboxylic acids is 1. The van der Waals surface area contributed by atoms with Crippen LogP contribution in [-0.2, 0) is 0 Å². The first-order chi connectivity index (χ1) is 14.0. The fourth-order valence-corrected chi connectivity index (χ4v) is 3.37. The molecule has 0 aliphatic carbocycles. The number of carboxylic acid groups (broad SMARTS) is 1. The van der Waals surface area contributed by atoms with Crippen molar-refractivity contribution in [3.63, 3.8) is 0 Å². The van der Waals surface area contributed by atoms with E-state index in [4.69, 9.17) is 9.84 Å². The summed E-state index contributed by atoms with van der Waals surface area (Å²) in [5.41, 5.74) is 1.79. The van der Waals surface area contributed by atoms with Gasteiger partial charge in [0.1, 0.15) is 17.1 Å². The van der Waals surface area contributed by atoms with Crippen molar-refractivity contribution in [2.24, 2.45) is 0 Å². The van der Waals surface area contributed by atoms with E-state index < -0.39 is 17.6 Å². The van der Waals surface area contributed by atoms with E-state index in [0.29, 0.717) is 16.6 Å². The van der Waals surface area contributed by atoms with E-state index in [1.54, 1.807) is 41.1 Å². The highest BCUT2D eigenvalue weighted by Gasteiger charge is 2.23. The summed E-state index contributed by atoms with van der Waals surface area (Å²) in [7, 11) is 1.39. The van der Waals surface area contributed by atoms with Crippen LogP contribution in [0.4, 0.5) is 4.39 Å². The molecule has 0 saturated heterocycles. The molecule has 0 spiro atoms. The summed E-state index contributed by atoms with van der Waals surface area (Å²) >= 11 is 0. The average Bonchev–Trinajstić information content (AvgIpc) is 3.13. The minimum Gasteiger partial charge on any atom is -0.496 e. The zero-order valence-electron chi connectivity index (χ0n) is 15.4. The van der Waals surface area contributed by atoms with Gasteiger partial charge >= 0.3 is 5.97 Å². The van der Waals surface area contributed by atoms with E-state index in [2.05, 4.69) is 0 Å². The standard InChI is InChI=1S/C23H16FNO4/c1-29-20-8-4-6-18(24)21(20)22(26)17-13-25(19-7-3-2-5-16(17)19)15-11-9-14(10-12-15)23(27)28/h2-13H,1H3,(H,27,28). The quantitative estimate of drug-likeness (QED) is 0.502. The van der Waals surface area contributed by atoms with Crippen LogP contribution in [-0.4, -0.2) is 28.5 Å². The van der Waals surface area contributed by atoms with Gasteiger partial charge in [0, 0.05) is 22.8 Å². The van der Waals surface area contributed by atoms with Gasteiger partial charge in [-0.25, -0.2) is 9.18 Å². The molecule has 1 N–H and O–H groups in total. The number of nitrogens with zero attached hydrogens (tertiary/aromatic N) is 1. The minimum absolute atomic E-state index is 0.126. The van der Waals surface area contributed by atoms with Gasteiger partial charge < -0.3 is 14.4 Å². The molecule has 0 unspecified atom stereocenters. The second-order valence-corrected chi connectivity index (χ2v) is 6.43. The normalized spacial score (nSPS) is 10.8. The van der Waals surface area contributed by atoms with Crippen molar-refractivity contribution in [3.8, 4) is 11.4 Å². The SMILES string of the molecule is COc1cccc(F)c1C(=O)c1cn(-c2ccc(C(=O)O)cc2)c2ccccc12. The monoisotopic (exact) mass is 389 g/mol. The van der Waals surface area contributed by atoms with Gasteiger partial charge in [0.25, 0.3) is 0 Å². The van der Waals surface area contributed by atoms with Crippen molar-refractivity contribution in [1.82, 2.24) is 4.57 Å². The van der Waals surface area contributed by atoms with Crippen LogP contribution in [0.5, 0.6) is 5.75 Å². The molecule has 0 atom stereocenters. The van der Waals surface area contributed by atoms with Crippen LogP contribution in [0.2, 0.25) is 0 Å². The van der Waals surface area contributed by atoms with E-state index in [-0.39, 0.29) is 16.9 Å². The van der Waals surface area contributed by atoms with Crippen molar-refractivity contribution < 1.29 is 23.8 Å². The lowest BCUT2D eigenvalue weighted by Crippen LogP contribution is -2.06. The number of benzene rings is 3. The fourth-order valence-electron chi connectivity index (χ4n) is 3.37. The molecule has 0 saturated carbocycles. The maximum atomic E-state index is 14.5. The Labute approximate surface area is 165 Å². The molecule has 0 radical (unpaired) electrons. The van der Waals surface area contributed by atoms with E-state index in [1.165, 1.54) is 31.4 Å². The number of fused-ring (bicyclic) bond motifs is 1. The number of aromatic carboxylic acids is 1.